The lowest BCUT2D eigenvalue weighted by molar-refractivity contribution is -0.139. The normalized spacial score (nSPS) is 11.6. The highest BCUT2D eigenvalue weighted by Crippen LogP contribution is 2.28. The molecule has 0 aliphatic heterocycles. The van der Waals surface area contributed by atoms with Crippen LogP contribution in [0.2, 0.25) is 5.02 Å². The van der Waals surface area contributed by atoms with E-state index in [4.69, 9.17) is 21.4 Å². The average Bonchev–Trinajstić information content (AvgIpc) is 3.42. The van der Waals surface area contributed by atoms with Gasteiger partial charge in [-0.15, -0.1) is 11.3 Å². The SMILES string of the molecule is O=C(O)COc1ccc(CCCS(=O)(=O)c2ccc(Cl)cc2)cc1NC(=O)c1cccc(/C=C/c2nc3cc(F)ccc3s2)c1. The molecule has 12 heteroatoms. The molecular weight excluding hydrogens is 639 g/mol. The first-order valence-electron chi connectivity index (χ1n) is 13.7. The van der Waals surface area contributed by atoms with Crippen molar-refractivity contribution in [2.45, 2.75) is 17.7 Å². The number of carbonyl (C=O) groups is 2. The highest BCUT2D eigenvalue weighted by molar-refractivity contribution is 7.91. The van der Waals surface area contributed by atoms with Crippen LogP contribution in [0.3, 0.4) is 0 Å². The summed E-state index contributed by atoms with van der Waals surface area (Å²) >= 11 is 7.28. The van der Waals surface area contributed by atoms with Crippen molar-refractivity contribution in [3.63, 3.8) is 0 Å². The van der Waals surface area contributed by atoms with Gasteiger partial charge in [0.1, 0.15) is 16.6 Å². The number of thiazole rings is 1. The van der Waals surface area contributed by atoms with Gasteiger partial charge in [0.05, 0.1) is 26.6 Å². The van der Waals surface area contributed by atoms with E-state index >= 15 is 0 Å². The summed E-state index contributed by atoms with van der Waals surface area (Å²) in [6.07, 6.45) is 4.28. The lowest BCUT2D eigenvalue weighted by atomic mass is 10.1. The Morgan fingerprint density at radius 3 is 2.58 bits per heavy atom. The van der Waals surface area contributed by atoms with Crippen LogP contribution in [0, 0.1) is 5.82 Å². The van der Waals surface area contributed by atoms with E-state index in [-0.39, 0.29) is 27.9 Å². The van der Waals surface area contributed by atoms with Gasteiger partial charge in [-0.2, -0.15) is 0 Å². The second-order valence-electron chi connectivity index (χ2n) is 9.97. The van der Waals surface area contributed by atoms with Crippen LogP contribution in [0.4, 0.5) is 10.1 Å². The first-order chi connectivity index (χ1) is 21.6. The first-order valence-corrected chi connectivity index (χ1v) is 16.5. The van der Waals surface area contributed by atoms with Crippen LogP contribution in [0.15, 0.2) is 89.8 Å². The van der Waals surface area contributed by atoms with Gasteiger partial charge in [-0.3, -0.25) is 4.79 Å². The molecule has 0 spiro atoms. The Morgan fingerprint density at radius 2 is 1.80 bits per heavy atom. The van der Waals surface area contributed by atoms with E-state index in [0.717, 1.165) is 15.8 Å². The Labute approximate surface area is 267 Å². The largest absolute Gasteiger partial charge is 0.480 e. The molecule has 1 amide bonds. The van der Waals surface area contributed by atoms with Crippen molar-refractivity contribution in [3.05, 3.63) is 117 Å². The van der Waals surface area contributed by atoms with Gasteiger partial charge in [0.25, 0.3) is 5.91 Å². The molecule has 0 fully saturated rings. The van der Waals surface area contributed by atoms with Crippen molar-refractivity contribution in [2.24, 2.45) is 0 Å². The van der Waals surface area contributed by atoms with Crippen LogP contribution in [0.1, 0.15) is 32.9 Å². The standard InChI is InChI=1S/C33H26ClFN2O6S2/c34-24-8-11-26(12-9-24)45(41,42)16-2-4-22-6-13-29(43-20-32(38)39)27(18-22)37-33(40)23-5-1-3-21(17-23)7-15-31-36-28-19-25(35)10-14-30(28)44-31/h1,3,5-15,17-19H,2,4,16,20H2,(H,37,40)(H,38,39)/b15-7+. The molecule has 0 aliphatic rings. The van der Waals surface area contributed by atoms with Crippen LogP contribution in [0.5, 0.6) is 5.75 Å². The fourth-order valence-corrected chi connectivity index (χ4v) is 6.74. The number of amides is 1. The zero-order valence-corrected chi connectivity index (χ0v) is 26.0. The zero-order chi connectivity index (χ0) is 32.0. The maximum atomic E-state index is 13.5. The van der Waals surface area contributed by atoms with E-state index in [1.54, 1.807) is 54.6 Å². The van der Waals surface area contributed by atoms with E-state index in [1.165, 1.54) is 47.7 Å². The number of fused-ring (bicyclic) bond motifs is 1. The van der Waals surface area contributed by atoms with E-state index in [9.17, 15) is 22.4 Å². The molecular formula is C33H26ClFN2O6S2. The van der Waals surface area contributed by atoms with E-state index in [0.29, 0.717) is 34.0 Å². The van der Waals surface area contributed by atoms with Crippen molar-refractivity contribution >= 4 is 72.7 Å². The van der Waals surface area contributed by atoms with Gasteiger partial charge in [0, 0.05) is 16.7 Å². The third kappa shape index (κ3) is 8.53. The fraction of sp³-hybridized carbons (Fsp3) is 0.121. The summed E-state index contributed by atoms with van der Waals surface area (Å²) in [6.45, 7) is -0.611. The number of sulfone groups is 1. The molecule has 4 aromatic carbocycles. The number of halogens is 2. The number of anilines is 1. The Balaban J connectivity index is 1.29. The molecule has 45 heavy (non-hydrogen) atoms. The highest BCUT2D eigenvalue weighted by Gasteiger charge is 2.16. The third-order valence-corrected chi connectivity index (χ3v) is 9.70. The number of carboxylic acids is 1. The van der Waals surface area contributed by atoms with Gasteiger partial charge >= 0.3 is 5.97 Å². The summed E-state index contributed by atoms with van der Waals surface area (Å²) in [5.74, 6) is -1.93. The van der Waals surface area contributed by atoms with E-state index < -0.39 is 28.3 Å². The summed E-state index contributed by atoms with van der Waals surface area (Å²) in [5.41, 5.74) is 2.62. The number of carboxylic acid groups (broad SMARTS) is 1. The van der Waals surface area contributed by atoms with Crippen molar-refractivity contribution in [1.82, 2.24) is 4.98 Å². The number of nitrogens with one attached hydrogen (secondary N) is 1. The van der Waals surface area contributed by atoms with Crippen LogP contribution >= 0.6 is 22.9 Å². The number of rotatable bonds is 12. The molecule has 0 radical (unpaired) electrons. The van der Waals surface area contributed by atoms with Gasteiger partial charge in [0.15, 0.2) is 16.4 Å². The molecule has 5 rings (SSSR count). The lowest BCUT2D eigenvalue weighted by Crippen LogP contribution is -2.15. The van der Waals surface area contributed by atoms with Crippen LogP contribution < -0.4 is 10.1 Å². The van der Waals surface area contributed by atoms with Gasteiger partial charge in [-0.1, -0.05) is 35.9 Å². The number of aryl methyl sites for hydroxylation is 1. The van der Waals surface area contributed by atoms with Crippen molar-refractivity contribution in [2.75, 3.05) is 17.7 Å². The number of hydrogen-bond donors (Lipinski definition) is 2. The number of carbonyl (C=O) groups excluding carboxylic acids is 1. The summed E-state index contributed by atoms with van der Waals surface area (Å²) in [6, 6.07) is 22.2. The number of hydrogen-bond acceptors (Lipinski definition) is 7. The molecule has 0 aliphatic carbocycles. The number of nitrogens with zero attached hydrogens (tertiary/aromatic N) is 1. The number of aliphatic carboxylic acids is 1. The van der Waals surface area contributed by atoms with Gasteiger partial charge in [0.2, 0.25) is 0 Å². The smallest absolute Gasteiger partial charge is 0.341 e. The van der Waals surface area contributed by atoms with Gasteiger partial charge in [-0.05, 0) is 90.7 Å². The zero-order valence-electron chi connectivity index (χ0n) is 23.6. The molecule has 0 unspecified atom stereocenters. The minimum Gasteiger partial charge on any atom is -0.480 e. The maximum Gasteiger partial charge on any atom is 0.341 e. The summed E-state index contributed by atoms with van der Waals surface area (Å²) in [4.78, 5) is 29.0. The van der Waals surface area contributed by atoms with Crippen LogP contribution in [0.25, 0.3) is 22.4 Å². The van der Waals surface area contributed by atoms with Gasteiger partial charge < -0.3 is 15.2 Å². The Hall–Kier alpha value is -4.58. The van der Waals surface area contributed by atoms with E-state index in [2.05, 4.69) is 10.3 Å². The first kappa shape index (κ1) is 31.8. The second kappa shape index (κ2) is 14.0. The molecule has 0 saturated carbocycles. The molecule has 0 bridgehead atoms. The van der Waals surface area contributed by atoms with E-state index in [1.807, 2.05) is 6.07 Å². The molecule has 2 N–H and O–H groups in total. The predicted octanol–water partition coefficient (Wildman–Crippen LogP) is 7.38. The predicted molar refractivity (Wildman–Crippen MR) is 174 cm³/mol. The number of aromatic nitrogens is 1. The number of ether oxygens (including phenoxy) is 1. The van der Waals surface area contributed by atoms with Crippen LogP contribution in [-0.2, 0) is 21.1 Å². The van der Waals surface area contributed by atoms with Crippen molar-refractivity contribution in [3.8, 4) is 5.75 Å². The summed E-state index contributed by atoms with van der Waals surface area (Å²) < 4.78 is 45.2. The molecule has 230 valence electrons. The lowest BCUT2D eigenvalue weighted by Gasteiger charge is -2.14. The monoisotopic (exact) mass is 664 g/mol. The minimum absolute atomic E-state index is 0.0954. The fourth-order valence-electron chi connectivity index (χ4n) is 4.46. The molecule has 0 atom stereocenters. The Kier molecular flexibility index (Phi) is 9.92. The summed E-state index contributed by atoms with van der Waals surface area (Å²) in [7, 11) is -3.52. The topological polar surface area (TPSA) is 123 Å². The highest BCUT2D eigenvalue weighted by atomic mass is 35.5. The molecule has 1 aromatic heterocycles. The molecule has 8 nitrogen and oxygen atoms in total. The summed E-state index contributed by atoms with van der Waals surface area (Å²) in [5, 5.41) is 13.0. The second-order valence-corrected chi connectivity index (χ2v) is 13.6. The van der Waals surface area contributed by atoms with Crippen molar-refractivity contribution in [1.29, 1.82) is 0 Å². The quantitative estimate of drug-likeness (QED) is 0.143. The minimum atomic E-state index is -3.52. The van der Waals surface area contributed by atoms with Crippen molar-refractivity contribution < 1.29 is 32.2 Å². The Morgan fingerprint density at radius 1 is 1.00 bits per heavy atom. The Bertz CT molecular complexity index is 2010. The third-order valence-electron chi connectivity index (χ3n) is 6.63. The molecule has 1 heterocycles. The average molecular weight is 665 g/mol. The van der Waals surface area contributed by atoms with Gasteiger partial charge in [-0.25, -0.2) is 22.6 Å². The molecule has 0 saturated heterocycles. The molecule has 5 aromatic rings. The number of benzene rings is 4. The van der Waals surface area contributed by atoms with Crippen LogP contribution in [-0.4, -0.2) is 42.7 Å². The maximum absolute atomic E-state index is 13.5.